The Balaban J connectivity index is 2.37. The van der Waals surface area contributed by atoms with Crippen LogP contribution in [-0.4, -0.2) is 22.5 Å². The average molecular weight is 262 g/mol. The fourth-order valence-electron chi connectivity index (χ4n) is 1.65. The van der Waals surface area contributed by atoms with Crippen LogP contribution in [0.1, 0.15) is 29.9 Å². The third-order valence-electron chi connectivity index (χ3n) is 2.49. The molecule has 0 fully saturated rings. The van der Waals surface area contributed by atoms with Crippen LogP contribution in [0.2, 0.25) is 0 Å². The second-order valence-electron chi connectivity index (χ2n) is 3.63. The van der Waals surface area contributed by atoms with Gasteiger partial charge in [0, 0.05) is 6.20 Å². The van der Waals surface area contributed by atoms with Crippen molar-refractivity contribution >= 4 is 17.3 Å². The molecule has 0 spiro atoms. The van der Waals surface area contributed by atoms with E-state index in [4.69, 9.17) is 4.74 Å². The molecule has 0 aromatic carbocycles. The summed E-state index contributed by atoms with van der Waals surface area (Å²) in [6.07, 6.45) is 2.47. The minimum absolute atomic E-state index is 0.308. The summed E-state index contributed by atoms with van der Waals surface area (Å²) in [6, 6.07) is 3.61. The Labute approximate surface area is 110 Å². The predicted molar refractivity (Wildman–Crippen MR) is 70.7 cm³/mol. The first-order chi connectivity index (χ1) is 8.76. The van der Waals surface area contributed by atoms with Gasteiger partial charge in [0.2, 0.25) is 0 Å². The Morgan fingerprint density at radius 1 is 1.39 bits per heavy atom. The molecular formula is C13H14N2O2S. The molecule has 0 saturated heterocycles. The van der Waals surface area contributed by atoms with Gasteiger partial charge in [-0.1, -0.05) is 6.92 Å². The van der Waals surface area contributed by atoms with Crippen molar-refractivity contribution in [1.29, 1.82) is 0 Å². The zero-order valence-electron chi connectivity index (χ0n) is 10.3. The van der Waals surface area contributed by atoms with Crippen LogP contribution in [-0.2, 0) is 11.2 Å². The van der Waals surface area contributed by atoms with E-state index in [2.05, 4.69) is 9.97 Å². The molecule has 2 aromatic heterocycles. The number of carbonyl (C=O) groups is 1. The summed E-state index contributed by atoms with van der Waals surface area (Å²) in [6.45, 7) is 4.14. The largest absolute Gasteiger partial charge is 0.462 e. The van der Waals surface area contributed by atoms with E-state index in [1.165, 1.54) is 11.3 Å². The first-order valence-electron chi connectivity index (χ1n) is 5.82. The first-order valence-corrected chi connectivity index (χ1v) is 6.70. The van der Waals surface area contributed by atoms with Gasteiger partial charge in [-0.05, 0) is 25.5 Å². The fourth-order valence-corrected chi connectivity index (χ4v) is 2.24. The molecule has 0 aliphatic carbocycles. The van der Waals surface area contributed by atoms with Gasteiger partial charge < -0.3 is 4.74 Å². The summed E-state index contributed by atoms with van der Waals surface area (Å²) in [5.41, 5.74) is 3.93. The molecule has 0 N–H and O–H groups in total. The number of hydrogen-bond acceptors (Lipinski definition) is 5. The van der Waals surface area contributed by atoms with E-state index in [1.54, 1.807) is 24.7 Å². The van der Waals surface area contributed by atoms with Crippen molar-refractivity contribution in [2.75, 3.05) is 6.61 Å². The van der Waals surface area contributed by atoms with Crippen LogP contribution in [0.5, 0.6) is 0 Å². The van der Waals surface area contributed by atoms with Crippen LogP contribution in [0.3, 0.4) is 0 Å². The number of nitrogens with zero attached hydrogens (tertiary/aromatic N) is 2. The van der Waals surface area contributed by atoms with E-state index in [0.29, 0.717) is 18.6 Å². The van der Waals surface area contributed by atoms with E-state index < -0.39 is 0 Å². The van der Waals surface area contributed by atoms with Crippen molar-refractivity contribution in [2.45, 2.75) is 20.3 Å². The Morgan fingerprint density at radius 3 is 2.83 bits per heavy atom. The van der Waals surface area contributed by atoms with Crippen molar-refractivity contribution in [3.8, 4) is 10.6 Å². The molecule has 18 heavy (non-hydrogen) atoms. The maximum atomic E-state index is 11.8. The standard InChI is InChI=1S/C13H14N2O2S/c1-3-10-9(13(16)17-4-2)5-6-11(15-10)12-7-14-8-18-12/h5-8H,3-4H2,1-2H3. The topological polar surface area (TPSA) is 52.1 Å². The summed E-state index contributed by atoms with van der Waals surface area (Å²) < 4.78 is 5.01. The van der Waals surface area contributed by atoms with E-state index in [0.717, 1.165) is 16.3 Å². The van der Waals surface area contributed by atoms with Gasteiger partial charge in [0.15, 0.2) is 0 Å². The highest BCUT2D eigenvalue weighted by Gasteiger charge is 2.14. The maximum Gasteiger partial charge on any atom is 0.339 e. The Bertz CT molecular complexity index is 538. The summed E-state index contributed by atoms with van der Waals surface area (Å²) in [5, 5.41) is 0. The lowest BCUT2D eigenvalue weighted by Crippen LogP contribution is -2.09. The maximum absolute atomic E-state index is 11.8. The molecule has 5 heteroatoms. The molecule has 94 valence electrons. The van der Waals surface area contributed by atoms with Gasteiger partial charge in [-0.15, -0.1) is 11.3 Å². The van der Waals surface area contributed by atoms with Crippen LogP contribution in [0.25, 0.3) is 10.6 Å². The predicted octanol–water partition coefficient (Wildman–Crippen LogP) is 2.94. The molecule has 0 bridgehead atoms. The van der Waals surface area contributed by atoms with Gasteiger partial charge in [0.25, 0.3) is 0 Å². The van der Waals surface area contributed by atoms with Crippen LogP contribution in [0, 0.1) is 0 Å². The molecule has 4 nitrogen and oxygen atoms in total. The lowest BCUT2D eigenvalue weighted by molar-refractivity contribution is 0.0524. The second kappa shape index (κ2) is 5.73. The van der Waals surface area contributed by atoms with Gasteiger partial charge in [0.1, 0.15) is 0 Å². The summed E-state index contributed by atoms with van der Waals surface area (Å²) in [7, 11) is 0. The molecule has 2 rings (SSSR count). The van der Waals surface area contributed by atoms with Gasteiger partial charge >= 0.3 is 5.97 Å². The lowest BCUT2D eigenvalue weighted by Gasteiger charge is -2.07. The van der Waals surface area contributed by atoms with Crippen LogP contribution >= 0.6 is 11.3 Å². The summed E-state index contributed by atoms with van der Waals surface area (Å²) in [4.78, 5) is 21.3. The first kappa shape index (κ1) is 12.7. The number of aromatic nitrogens is 2. The SMILES string of the molecule is CCOC(=O)c1ccc(-c2cncs2)nc1CC. The zero-order valence-corrected chi connectivity index (χ0v) is 11.2. The van der Waals surface area contributed by atoms with Crippen molar-refractivity contribution < 1.29 is 9.53 Å². The monoisotopic (exact) mass is 262 g/mol. The van der Waals surface area contributed by atoms with Crippen molar-refractivity contribution in [3.05, 3.63) is 35.1 Å². The Kier molecular flexibility index (Phi) is 4.04. The molecule has 2 heterocycles. The number of aryl methyl sites for hydroxylation is 1. The molecule has 0 atom stereocenters. The number of carbonyl (C=O) groups excluding carboxylic acids is 1. The van der Waals surface area contributed by atoms with Gasteiger partial charge in [-0.2, -0.15) is 0 Å². The fraction of sp³-hybridized carbons (Fsp3) is 0.308. The van der Waals surface area contributed by atoms with Crippen molar-refractivity contribution in [2.24, 2.45) is 0 Å². The highest BCUT2D eigenvalue weighted by Crippen LogP contribution is 2.23. The molecule has 0 aliphatic heterocycles. The van der Waals surface area contributed by atoms with Gasteiger partial charge in [-0.25, -0.2) is 4.79 Å². The van der Waals surface area contributed by atoms with Crippen LogP contribution < -0.4 is 0 Å². The molecular weight excluding hydrogens is 248 g/mol. The number of rotatable bonds is 4. The number of hydrogen-bond donors (Lipinski definition) is 0. The molecule has 0 unspecified atom stereocenters. The van der Waals surface area contributed by atoms with Crippen molar-refractivity contribution in [3.63, 3.8) is 0 Å². The van der Waals surface area contributed by atoms with Gasteiger partial charge in [-0.3, -0.25) is 9.97 Å². The Morgan fingerprint density at radius 2 is 2.22 bits per heavy atom. The third kappa shape index (κ3) is 2.56. The number of esters is 1. The molecule has 0 aliphatic rings. The van der Waals surface area contributed by atoms with Gasteiger partial charge in [0.05, 0.1) is 33.9 Å². The number of pyridine rings is 1. The molecule has 0 radical (unpaired) electrons. The minimum atomic E-state index is -0.308. The van der Waals surface area contributed by atoms with E-state index in [-0.39, 0.29) is 5.97 Å². The average Bonchev–Trinajstić information content (AvgIpc) is 2.92. The molecule has 0 amide bonds. The van der Waals surface area contributed by atoms with E-state index in [1.807, 2.05) is 13.0 Å². The highest BCUT2D eigenvalue weighted by molar-refractivity contribution is 7.13. The van der Waals surface area contributed by atoms with Crippen LogP contribution in [0.4, 0.5) is 0 Å². The van der Waals surface area contributed by atoms with Crippen molar-refractivity contribution in [1.82, 2.24) is 9.97 Å². The third-order valence-corrected chi connectivity index (χ3v) is 3.28. The molecule has 2 aromatic rings. The van der Waals surface area contributed by atoms with Crippen LogP contribution in [0.15, 0.2) is 23.8 Å². The number of thiazole rings is 1. The summed E-state index contributed by atoms with van der Waals surface area (Å²) in [5.74, 6) is -0.308. The lowest BCUT2D eigenvalue weighted by atomic mass is 10.1. The second-order valence-corrected chi connectivity index (χ2v) is 4.52. The smallest absolute Gasteiger partial charge is 0.339 e. The van der Waals surface area contributed by atoms with E-state index in [9.17, 15) is 4.79 Å². The molecule has 0 saturated carbocycles. The van der Waals surface area contributed by atoms with E-state index >= 15 is 0 Å². The summed E-state index contributed by atoms with van der Waals surface area (Å²) >= 11 is 1.53. The number of ether oxygens (including phenoxy) is 1. The minimum Gasteiger partial charge on any atom is -0.462 e. The quantitative estimate of drug-likeness (QED) is 0.795. The zero-order chi connectivity index (χ0) is 13.0. The Hall–Kier alpha value is -1.75. The normalized spacial score (nSPS) is 10.3. The highest BCUT2D eigenvalue weighted by atomic mass is 32.1.